The number of fused-ring (bicyclic) bond motifs is 6. The van der Waals surface area contributed by atoms with Crippen LogP contribution in [-0.4, -0.2) is 10.6 Å². The lowest BCUT2D eigenvalue weighted by Gasteiger charge is -2.29. The highest BCUT2D eigenvalue weighted by atomic mass is 15.2. The fraction of sp³-hybridized carbons (Fsp3) is 0.0417. The van der Waals surface area contributed by atoms with Crippen molar-refractivity contribution in [1.82, 2.24) is 4.57 Å². The van der Waals surface area contributed by atoms with E-state index in [-0.39, 0.29) is 12.0 Å². The SMILES string of the molecule is C1=CC2C(C=C1c1ccc3c(c1)c1ccccc1n3-c1ccc(-c3ccc(-c4ccccc4)cc3)cc1)c1ccccc1N2c1ccccc1. The summed E-state index contributed by atoms with van der Waals surface area (Å²) in [4.78, 5) is 2.49. The normalized spacial score (nSPS) is 16.4. The summed E-state index contributed by atoms with van der Waals surface area (Å²) in [6.45, 7) is 0. The number of aromatic nitrogens is 1. The topological polar surface area (TPSA) is 8.17 Å². The van der Waals surface area contributed by atoms with Gasteiger partial charge in [0.25, 0.3) is 0 Å². The Bertz CT molecular complexity index is 2570. The summed E-state index contributed by atoms with van der Waals surface area (Å²) in [5, 5.41) is 2.54. The molecule has 2 nitrogen and oxygen atoms in total. The van der Waals surface area contributed by atoms with Crippen molar-refractivity contribution in [3.63, 3.8) is 0 Å². The molecule has 0 saturated carbocycles. The van der Waals surface area contributed by atoms with Crippen LogP contribution in [0.15, 0.2) is 194 Å². The third-order valence-electron chi connectivity index (χ3n) is 10.5. The Morgan fingerprint density at radius 2 is 1.00 bits per heavy atom. The highest BCUT2D eigenvalue weighted by Gasteiger charge is 2.38. The maximum absolute atomic E-state index is 2.49. The van der Waals surface area contributed by atoms with Crippen LogP contribution in [0.1, 0.15) is 17.0 Å². The monoisotopic (exact) mass is 638 g/mol. The first-order valence-electron chi connectivity index (χ1n) is 17.4. The predicted molar refractivity (Wildman–Crippen MR) is 210 cm³/mol. The Morgan fingerprint density at radius 1 is 0.420 bits per heavy atom. The molecule has 236 valence electrons. The quantitative estimate of drug-likeness (QED) is 0.182. The summed E-state index contributed by atoms with van der Waals surface area (Å²) < 4.78 is 2.41. The van der Waals surface area contributed by atoms with Crippen molar-refractivity contribution in [2.24, 2.45) is 0 Å². The van der Waals surface area contributed by atoms with Crippen LogP contribution in [0.2, 0.25) is 0 Å². The van der Waals surface area contributed by atoms with E-state index < -0.39 is 0 Å². The predicted octanol–water partition coefficient (Wildman–Crippen LogP) is 12.4. The molecule has 1 aliphatic carbocycles. The number of anilines is 2. The van der Waals surface area contributed by atoms with Gasteiger partial charge >= 0.3 is 0 Å². The first-order valence-corrected chi connectivity index (χ1v) is 17.4. The average molecular weight is 639 g/mol. The molecule has 0 radical (unpaired) electrons. The minimum atomic E-state index is 0.258. The summed E-state index contributed by atoms with van der Waals surface area (Å²) in [6.07, 6.45) is 7.21. The molecule has 0 saturated heterocycles. The summed E-state index contributed by atoms with van der Waals surface area (Å²) in [6, 6.07) is 64.1. The number of allylic oxidation sites excluding steroid dienone is 2. The van der Waals surface area contributed by atoms with E-state index in [9.17, 15) is 0 Å². The number of benzene rings is 7. The first kappa shape index (κ1) is 28.6. The van der Waals surface area contributed by atoms with E-state index in [1.807, 2.05) is 0 Å². The zero-order valence-corrected chi connectivity index (χ0v) is 27.5. The summed E-state index contributed by atoms with van der Waals surface area (Å²) in [5.74, 6) is 0.288. The molecule has 1 aliphatic heterocycles. The molecule has 7 aromatic carbocycles. The molecule has 0 amide bonds. The summed E-state index contributed by atoms with van der Waals surface area (Å²) in [5.41, 5.74) is 14.9. The molecule has 0 fully saturated rings. The van der Waals surface area contributed by atoms with Crippen LogP contribution in [0.4, 0.5) is 11.4 Å². The second kappa shape index (κ2) is 11.6. The Kier molecular flexibility index (Phi) is 6.67. The van der Waals surface area contributed by atoms with Crippen LogP contribution < -0.4 is 4.90 Å². The standard InChI is InChI=1S/C48H34N2/c1-3-11-33(12-4-1)34-19-21-35(22-20-34)36-23-27-40(28-24-36)50-46-18-10-8-16-42(46)44-32-38(26-30-48(44)50)37-25-29-47-43(31-37)41-15-7-9-17-45(41)49(47)39-13-5-2-6-14-39/h1-32,43,47H. The number of para-hydroxylation sites is 3. The van der Waals surface area contributed by atoms with Gasteiger partial charge in [0.05, 0.1) is 17.1 Å². The third-order valence-corrected chi connectivity index (χ3v) is 10.5. The van der Waals surface area contributed by atoms with Gasteiger partial charge in [-0.2, -0.15) is 0 Å². The molecule has 0 N–H and O–H groups in total. The van der Waals surface area contributed by atoms with Crippen LogP contribution in [0.5, 0.6) is 0 Å². The molecule has 2 heteroatoms. The van der Waals surface area contributed by atoms with Crippen molar-refractivity contribution in [1.29, 1.82) is 0 Å². The lowest BCUT2D eigenvalue weighted by molar-refractivity contribution is 0.747. The highest BCUT2D eigenvalue weighted by Crippen LogP contribution is 2.49. The van der Waals surface area contributed by atoms with Gasteiger partial charge in [0, 0.05) is 33.8 Å². The zero-order valence-electron chi connectivity index (χ0n) is 27.5. The van der Waals surface area contributed by atoms with Crippen molar-refractivity contribution in [2.75, 3.05) is 4.90 Å². The number of hydrogen-bond acceptors (Lipinski definition) is 1. The van der Waals surface area contributed by atoms with Gasteiger partial charge in [0.15, 0.2) is 0 Å². The Morgan fingerprint density at radius 3 is 1.76 bits per heavy atom. The van der Waals surface area contributed by atoms with E-state index in [1.165, 1.54) is 72.1 Å². The van der Waals surface area contributed by atoms with Crippen molar-refractivity contribution in [2.45, 2.75) is 12.0 Å². The van der Waals surface area contributed by atoms with Crippen LogP contribution in [0, 0.1) is 0 Å². The second-order valence-electron chi connectivity index (χ2n) is 13.3. The molecule has 0 bridgehead atoms. The minimum Gasteiger partial charge on any atom is -0.333 e. The van der Waals surface area contributed by atoms with Gasteiger partial charge < -0.3 is 9.47 Å². The molecule has 2 aliphatic rings. The first-order chi connectivity index (χ1) is 24.8. The lowest BCUT2D eigenvalue weighted by atomic mass is 9.86. The number of hydrogen-bond donors (Lipinski definition) is 0. The molecule has 10 rings (SSSR count). The fourth-order valence-electron chi connectivity index (χ4n) is 8.15. The van der Waals surface area contributed by atoms with Crippen LogP contribution >= 0.6 is 0 Å². The van der Waals surface area contributed by atoms with E-state index >= 15 is 0 Å². The maximum Gasteiger partial charge on any atom is 0.0630 e. The van der Waals surface area contributed by atoms with E-state index in [4.69, 9.17) is 0 Å². The van der Waals surface area contributed by atoms with Gasteiger partial charge in [-0.05, 0) is 87.5 Å². The van der Waals surface area contributed by atoms with Gasteiger partial charge in [0.2, 0.25) is 0 Å². The largest absolute Gasteiger partial charge is 0.333 e. The maximum atomic E-state index is 2.49. The van der Waals surface area contributed by atoms with Crippen molar-refractivity contribution < 1.29 is 0 Å². The molecule has 50 heavy (non-hydrogen) atoms. The average Bonchev–Trinajstić information content (AvgIpc) is 3.71. The number of nitrogens with zero attached hydrogens (tertiary/aromatic N) is 2. The molecule has 8 aromatic rings. The smallest absolute Gasteiger partial charge is 0.0630 e. The molecular formula is C48H34N2. The van der Waals surface area contributed by atoms with Crippen LogP contribution in [-0.2, 0) is 0 Å². The molecule has 0 spiro atoms. The van der Waals surface area contributed by atoms with Crippen molar-refractivity contribution in [3.8, 4) is 27.9 Å². The zero-order chi connectivity index (χ0) is 33.0. The Balaban J connectivity index is 1.00. The molecule has 2 atom stereocenters. The summed E-state index contributed by atoms with van der Waals surface area (Å²) in [7, 11) is 0. The van der Waals surface area contributed by atoms with Crippen molar-refractivity contribution in [3.05, 3.63) is 205 Å². The van der Waals surface area contributed by atoms with Gasteiger partial charge in [-0.15, -0.1) is 0 Å². The molecule has 2 heterocycles. The van der Waals surface area contributed by atoms with Gasteiger partial charge in [-0.3, -0.25) is 0 Å². The van der Waals surface area contributed by atoms with Crippen molar-refractivity contribution >= 4 is 38.8 Å². The fourth-order valence-corrected chi connectivity index (χ4v) is 8.15. The molecule has 1 aromatic heterocycles. The van der Waals surface area contributed by atoms with E-state index in [0.29, 0.717) is 0 Å². The van der Waals surface area contributed by atoms with E-state index in [0.717, 1.165) is 5.69 Å². The Hall–Kier alpha value is -6.38. The van der Waals surface area contributed by atoms with Crippen LogP contribution in [0.25, 0.3) is 55.3 Å². The van der Waals surface area contributed by atoms with E-state index in [2.05, 4.69) is 204 Å². The van der Waals surface area contributed by atoms with E-state index in [1.54, 1.807) is 0 Å². The van der Waals surface area contributed by atoms with Crippen LogP contribution in [0.3, 0.4) is 0 Å². The molecule has 2 unspecified atom stereocenters. The second-order valence-corrected chi connectivity index (χ2v) is 13.3. The van der Waals surface area contributed by atoms with Gasteiger partial charge in [-0.25, -0.2) is 0 Å². The minimum absolute atomic E-state index is 0.258. The number of rotatable bonds is 5. The van der Waals surface area contributed by atoms with Gasteiger partial charge in [-0.1, -0.05) is 146 Å². The lowest BCUT2D eigenvalue weighted by Crippen LogP contribution is -2.28. The van der Waals surface area contributed by atoms with Gasteiger partial charge in [0.1, 0.15) is 0 Å². The Labute approximate surface area is 292 Å². The third kappa shape index (κ3) is 4.64. The summed E-state index contributed by atoms with van der Waals surface area (Å²) >= 11 is 0. The molecular weight excluding hydrogens is 605 g/mol. The highest BCUT2D eigenvalue weighted by molar-refractivity contribution is 6.10.